The molecule has 0 aliphatic rings. The van der Waals surface area contributed by atoms with Gasteiger partial charge in [-0.25, -0.2) is 17.5 Å². The molecule has 7 heteroatoms. The fourth-order valence-electron chi connectivity index (χ4n) is 1.38. The first-order chi connectivity index (χ1) is 9.08. The Kier molecular flexibility index (Phi) is 4.86. The number of sulfonamides is 1. The minimum atomic E-state index is -3.92. The molecule has 1 aromatic rings. The summed E-state index contributed by atoms with van der Waals surface area (Å²) in [5, 5.41) is 0. The van der Waals surface area contributed by atoms with Gasteiger partial charge in [0.25, 0.3) is 10.0 Å². The van der Waals surface area contributed by atoms with Crippen molar-refractivity contribution in [3.05, 3.63) is 29.8 Å². The van der Waals surface area contributed by atoms with Crippen molar-refractivity contribution in [2.45, 2.75) is 37.6 Å². The molecule has 0 heterocycles. The van der Waals surface area contributed by atoms with Crippen LogP contribution in [0.1, 0.15) is 26.3 Å². The number of ether oxygens (including phenoxy) is 1. The van der Waals surface area contributed by atoms with Gasteiger partial charge >= 0.3 is 6.09 Å². The van der Waals surface area contributed by atoms with Crippen molar-refractivity contribution in [3.8, 4) is 0 Å². The van der Waals surface area contributed by atoms with Crippen molar-refractivity contribution < 1.29 is 17.9 Å². The van der Waals surface area contributed by atoms with E-state index >= 15 is 0 Å². The zero-order valence-corrected chi connectivity index (χ0v) is 12.9. The van der Waals surface area contributed by atoms with Gasteiger partial charge in [0.05, 0.1) is 12.7 Å². The maximum absolute atomic E-state index is 12.3. The van der Waals surface area contributed by atoms with Crippen molar-refractivity contribution in [3.63, 3.8) is 0 Å². The molecule has 0 N–H and O–H groups in total. The third-order valence-corrected chi connectivity index (χ3v) is 4.21. The first kappa shape index (κ1) is 16.6. The summed E-state index contributed by atoms with van der Waals surface area (Å²) in [5.41, 5.74) is 0.0495. The molecule has 20 heavy (non-hydrogen) atoms. The lowest BCUT2D eigenvalue weighted by Gasteiger charge is -2.24. The van der Waals surface area contributed by atoms with E-state index in [9.17, 15) is 13.2 Å². The molecule has 0 unspecified atom stereocenters. The van der Waals surface area contributed by atoms with Crippen LogP contribution in [-0.2, 0) is 21.1 Å². The first-order valence-electron chi connectivity index (χ1n) is 6.09. The second-order valence-electron chi connectivity index (χ2n) is 5.30. The molecular weight excluding hydrogens is 277 g/mol. The average molecular weight is 295 g/mol. The molecule has 0 saturated carbocycles. The molecule has 0 aromatic heterocycles. The Labute approximate surface area is 121 Å². The Balaban J connectivity index is 3.00. The SMILES string of the molecule is [B]Cc1ccc(S(=O)(=O)N(C)C(=O)OC(C)(C)C)cc1. The second kappa shape index (κ2) is 5.87. The first-order valence-corrected chi connectivity index (χ1v) is 7.53. The summed E-state index contributed by atoms with van der Waals surface area (Å²) in [4.78, 5) is 11.8. The molecule has 0 aliphatic heterocycles. The Morgan fingerprint density at radius 3 is 2.15 bits per heavy atom. The van der Waals surface area contributed by atoms with Gasteiger partial charge in [0.2, 0.25) is 0 Å². The molecule has 1 rings (SSSR count). The smallest absolute Gasteiger partial charge is 0.424 e. The molecule has 2 radical (unpaired) electrons. The van der Waals surface area contributed by atoms with E-state index in [-0.39, 0.29) is 4.90 Å². The largest absolute Gasteiger partial charge is 0.443 e. The Hall–Kier alpha value is -1.50. The highest BCUT2D eigenvalue weighted by atomic mass is 32.2. The van der Waals surface area contributed by atoms with Gasteiger partial charge < -0.3 is 4.74 Å². The number of carbonyl (C=O) groups is 1. The van der Waals surface area contributed by atoms with Crippen molar-refractivity contribution in [1.82, 2.24) is 4.31 Å². The lowest BCUT2D eigenvalue weighted by atomic mass is 9.97. The van der Waals surface area contributed by atoms with Gasteiger partial charge in [-0.1, -0.05) is 24.0 Å². The van der Waals surface area contributed by atoms with Gasteiger partial charge in [-0.3, -0.25) is 0 Å². The Morgan fingerprint density at radius 1 is 1.25 bits per heavy atom. The van der Waals surface area contributed by atoms with Gasteiger partial charge in [-0.2, -0.15) is 0 Å². The van der Waals surface area contributed by atoms with Gasteiger partial charge in [0.1, 0.15) is 5.60 Å². The second-order valence-corrected chi connectivity index (χ2v) is 7.27. The normalized spacial score (nSPS) is 12.0. The van der Waals surface area contributed by atoms with Crippen molar-refractivity contribution >= 4 is 24.0 Å². The fourth-order valence-corrected chi connectivity index (χ4v) is 2.41. The summed E-state index contributed by atoms with van der Waals surface area (Å²) >= 11 is 0. The minimum Gasteiger partial charge on any atom is -0.443 e. The predicted octanol–water partition coefficient (Wildman–Crippen LogP) is 1.91. The predicted molar refractivity (Wildman–Crippen MR) is 77.1 cm³/mol. The van der Waals surface area contributed by atoms with E-state index in [2.05, 4.69) is 0 Å². The summed E-state index contributed by atoms with van der Waals surface area (Å²) in [6.45, 7) is 5.00. The number of rotatable bonds is 3. The number of amides is 1. The van der Waals surface area contributed by atoms with E-state index in [1.807, 2.05) is 0 Å². The van der Waals surface area contributed by atoms with Crippen LogP contribution in [0.25, 0.3) is 0 Å². The number of hydrogen-bond donors (Lipinski definition) is 0. The fraction of sp³-hybridized carbons (Fsp3) is 0.462. The molecule has 0 saturated heterocycles. The number of nitrogens with zero attached hydrogens (tertiary/aromatic N) is 1. The summed E-state index contributed by atoms with van der Waals surface area (Å²) < 4.78 is 30.1. The van der Waals surface area contributed by atoms with Crippen molar-refractivity contribution in [2.75, 3.05) is 7.05 Å². The molecule has 5 nitrogen and oxygen atoms in total. The van der Waals surface area contributed by atoms with Gasteiger partial charge in [0.15, 0.2) is 0 Å². The van der Waals surface area contributed by atoms with Crippen LogP contribution in [0.5, 0.6) is 0 Å². The monoisotopic (exact) mass is 295 g/mol. The molecule has 0 atom stereocenters. The lowest BCUT2D eigenvalue weighted by molar-refractivity contribution is 0.0420. The third-order valence-electron chi connectivity index (χ3n) is 2.47. The highest BCUT2D eigenvalue weighted by molar-refractivity contribution is 7.89. The van der Waals surface area contributed by atoms with Crippen molar-refractivity contribution in [1.29, 1.82) is 0 Å². The summed E-state index contributed by atoms with van der Waals surface area (Å²) in [6, 6.07) is 6.04. The molecule has 0 fully saturated rings. The average Bonchev–Trinajstić information content (AvgIpc) is 2.35. The molecule has 1 aromatic carbocycles. The van der Waals surface area contributed by atoms with Gasteiger partial charge in [-0.05, 0) is 32.9 Å². The minimum absolute atomic E-state index is 0.0167. The van der Waals surface area contributed by atoms with Gasteiger partial charge in [-0.15, -0.1) is 0 Å². The molecule has 0 bridgehead atoms. The standard InChI is InChI=1S/C13H18BNO4S/c1-13(2,3)19-12(16)15(4)20(17,18)11-7-5-10(9-14)6-8-11/h5-8H,9H2,1-4H3. The maximum Gasteiger partial charge on any atom is 0.424 e. The van der Waals surface area contributed by atoms with Crippen LogP contribution >= 0.6 is 0 Å². The Bertz CT molecular complexity index is 575. The van der Waals surface area contributed by atoms with Crippen LogP contribution in [0.15, 0.2) is 29.2 Å². The van der Waals surface area contributed by atoms with E-state index in [0.717, 1.165) is 5.56 Å². The number of hydrogen-bond acceptors (Lipinski definition) is 4. The van der Waals surface area contributed by atoms with Crippen molar-refractivity contribution in [2.24, 2.45) is 0 Å². The topological polar surface area (TPSA) is 63.7 Å². The van der Waals surface area contributed by atoms with Gasteiger partial charge in [0, 0.05) is 7.05 Å². The van der Waals surface area contributed by atoms with Crippen LogP contribution in [0.2, 0.25) is 0 Å². The highest BCUT2D eigenvalue weighted by Crippen LogP contribution is 2.18. The highest BCUT2D eigenvalue weighted by Gasteiger charge is 2.29. The molecule has 0 aliphatic carbocycles. The zero-order valence-electron chi connectivity index (χ0n) is 12.1. The van der Waals surface area contributed by atoms with E-state index < -0.39 is 21.7 Å². The molecule has 108 valence electrons. The van der Waals surface area contributed by atoms with Crippen LogP contribution in [0, 0.1) is 0 Å². The summed E-state index contributed by atoms with van der Waals surface area (Å²) in [6.07, 6.45) is -0.595. The van der Waals surface area contributed by atoms with E-state index in [1.54, 1.807) is 32.9 Å². The molecule has 1 amide bonds. The van der Waals surface area contributed by atoms with Crippen LogP contribution in [-0.4, -0.2) is 39.3 Å². The Morgan fingerprint density at radius 2 is 1.75 bits per heavy atom. The summed E-state index contributed by atoms with van der Waals surface area (Å²) in [7, 11) is 2.70. The van der Waals surface area contributed by atoms with E-state index in [0.29, 0.717) is 10.6 Å². The van der Waals surface area contributed by atoms with Crippen LogP contribution < -0.4 is 0 Å². The molecular formula is C13H18BNO4S. The third kappa shape index (κ3) is 4.00. The summed E-state index contributed by atoms with van der Waals surface area (Å²) in [5.74, 6) is 0. The number of carbonyl (C=O) groups excluding carboxylic acids is 1. The molecule has 0 spiro atoms. The lowest BCUT2D eigenvalue weighted by Crippen LogP contribution is -2.38. The van der Waals surface area contributed by atoms with Crippen LogP contribution in [0.4, 0.5) is 4.79 Å². The van der Waals surface area contributed by atoms with E-state index in [1.165, 1.54) is 19.2 Å². The number of benzene rings is 1. The van der Waals surface area contributed by atoms with Crippen LogP contribution in [0.3, 0.4) is 0 Å². The maximum atomic E-state index is 12.3. The zero-order chi connectivity index (χ0) is 15.6. The quantitative estimate of drug-likeness (QED) is 0.799. The van der Waals surface area contributed by atoms with E-state index in [4.69, 9.17) is 12.6 Å².